The number of benzene rings is 1. The Balaban J connectivity index is 1.99. The molecule has 1 aliphatic rings. The zero-order chi connectivity index (χ0) is 16.9. The van der Waals surface area contributed by atoms with Crippen LogP contribution in [0.3, 0.4) is 0 Å². The van der Waals surface area contributed by atoms with Gasteiger partial charge in [-0.15, -0.1) is 11.3 Å². The molecule has 1 amide bonds. The second-order valence-corrected chi connectivity index (χ2v) is 7.23. The number of rotatable bonds is 3. The monoisotopic (exact) mass is 338 g/mol. The van der Waals surface area contributed by atoms with E-state index in [1.165, 1.54) is 0 Å². The number of aromatic nitrogens is 1. The summed E-state index contributed by atoms with van der Waals surface area (Å²) >= 11 is 1.63. The van der Waals surface area contributed by atoms with Crippen molar-refractivity contribution >= 4 is 22.9 Å². The van der Waals surface area contributed by atoms with Crippen LogP contribution in [0.15, 0.2) is 40.2 Å². The number of carbonyl (C=O) groups excluding carboxylic acids is 1. The highest BCUT2D eigenvalue weighted by molar-refractivity contribution is 7.10. The highest BCUT2D eigenvalue weighted by Crippen LogP contribution is 2.48. The van der Waals surface area contributed by atoms with Crippen molar-refractivity contribution in [3.8, 4) is 0 Å². The smallest absolute Gasteiger partial charge is 0.240 e. The summed E-state index contributed by atoms with van der Waals surface area (Å²) in [6.07, 6.45) is 0.554. The maximum absolute atomic E-state index is 13.2. The first kappa shape index (κ1) is 15.1. The molecule has 3 heterocycles. The van der Waals surface area contributed by atoms with Crippen LogP contribution in [0, 0.1) is 20.8 Å². The number of thiophene rings is 1. The van der Waals surface area contributed by atoms with Crippen molar-refractivity contribution in [1.82, 2.24) is 5.16 Å². The van der Waals surface area contributed by atoms with E-state index in [1.54, 1.807) is 11.3 Å². The number of nitrogens with one attached hydrogen (secondary N) is 1. The summed E-state index contributed by atoms with van der Waals surface area (Å²) in [5.74, 6) is 0.799. The van der Waals surface area contributed by atoms with E-state index in [0.717, 1.165) is 38.7 Å². The van der Waals surface area contributed by atoms with Gasteiger partial charge in [-0.05, 0) is 49.4 Å². The van der Waals surface area contributed by atoms with Crippen molar-refractivity contribution in [3.05, 3.63) is 68.7 Å². The summed E-state index contributed by atoms with van der Waals surface area (Å²) < 4.78 is 5.34. The van der Waals surface area contributed by atoms with Crippen LogP contribution in [0.5, 0.6) is 0 Å². The standard InChI is InChI=1S/C19H18N2O2S/c1-11-8-9-24-17(11)19(10-14-12(2)21-23-13(14)3)15-6-4-5-7-16(15)20-18(19)22/h4-9H,10H2,1-3H3,(H,20,22). The Labute approximate surface area is 144 Å². The summed E-state index contributed by atoms with van der Waals surface area (Å²) in [6, 6.07) is 10.0. The minimum atomic E-state index is -0.726. The maximum Gasteiger partial charge on any atom is 0.240 e. The van der Waals surface area contributed by atoms with Gasteiger partial charge in [0, 0.05) is 22.5 Å². The van der Waals surface area contributed by atoms with Crippen LogP contribution in [-0.4, -0.2) is 11.1 Å². The fourth-order valence-electron chi connectivity index (χ4n) is 3.63. The molecule has 0 bridgehead atoms. The molecule has 4 nitrogen and oxygen atoms in total. The number of fused-ring (bicyclic) bond motifs is 1. The summed E-state index contributed by atoms with van der Waals surface area (Å²) in [4.78, 5) is 14.3. The molecule has 3 aromatic rings. The zero-order valence-electron chi connectivity index (χ0n) is 13.8. The van der Waals surface area contributed by atoms with Gasteiger partial charge in [-0.3, -0.25) is 4.79 Å². The van der Waals surface area contributed by atoms with Crippen molar-refractivity contribution < 1.29 is 9.32 Å². The average Bonchev–Trinajstić information content (AvgIpc) is 3.20. The first-order chi connectivity index (χ1) is 11.5. The second kappa shape index (κ2) is 5.31. The van der Waals surface area contributed by atoms with Crippen LogP contribution in [0.2, 0.25) is 0 Å². The van der Waals surface area contributed by atoms with Gasteiger partial charge in [-0.1, -0.05) is 23.4 Å². The SMILES string of the molecule is Cc1ccsc1C1(Cc2c(C)noc2C)C(=O)Nc2ccccc21. The van der Waals surface area contributed by atoms with Gasteiger partial charge in [0.05, 0.1) is 5.69 Å². The number of hydrogen-bond donors (Lipinski definition) is 1. The number of carbonyl (C=O) groups is 1. The van der Waals surface area contributed by atoms with E-state index in [1.807, 2.05) is 43.5 Å². The minimum Gasteiger partial charge on any atom is -0.361 e. The van der Waals surface area contributed by atoms with Crippen molar-refractivity contribution in [2.24, 2.45) is 0 Å². The third-order valence-corrected chi connectivity index (χ3v) is 6.07. The minimum absolute atomic E-state index is 0.0225. The second-order valence-electron chi connectivity index (χ2n) is 6.32. The lowest BCUT2D eigenvalue weighted by molar-refractivity contribution is -0.119. The van der Waals surface area contributed by atoms with E-state index in [4.69, 9.17) is 4.52 Å². The number of para-hydroxylation sites is 1. The van der Waals surface area contributed by atoms with E-state index >= 15 is 0 Å². The van der Waals surface area contributed by atoms with E-state index in [9.17, 15) is 4.79 Å². The Kier molecular flexibility index (Phi) is 3.35. The predicted octanol–water partition coefficient (Wildman–Crippen LogP) is 4.14. The highest BCUT2D eigenvalue weighted by Gasteiger charge is 2.50. The molecular formula is C19H18N2O2S. The molecule has 1 aromatic carbocycles. The fraction of sp³-hybridized carbons (Fsp3) is 0.263. The van der Waals surface area contributed by atoms with E-state index in [-0.39, 0.29) is 5.91 Å². The molecule has 1 aliphatic heterocycles. The molecule has 1 atom stereocenters. The number of amides is 1. The molecule has 0 saturated carbocycles. The largest absolute Gasteiger partial charge is 0.361 e. The quantitative estimate of drug-likeness (QED) is 0.781. The lowest BCUT2D eigenvalue weighted by atomic mass is 9.74. The molecule has 0 spiro atoms. The van der Waals surface area contributed by atoms with Gasteiger partial charge in [0.25, 0.3) is 0 Å². The predicted molar refractivity (Wildman–Crippen MR) is 94.6 cm³/mol. The van der Waals surface area contributed by atoms with Crippen LogP contribution < -0.4 is 5.32 Å². The van der Waals surface area contributed by atoms with Gasteiger partial charge >= 0.3 is 0 Å². The summed E-state index contributed by atoms with van der Waals surface area (Å²) in [7, 11) is 0. The molecule has 122 valence electrons. The molecule has 1 N–H and O–H groups in total. The van der Waals surface area contributed by atoms with Gasteiger partial charge in [0.15, 0.2) is 0 Å². The van der Waals surface area contributed by atoms with Crippen molar-refractivity contribution in [2.45, 2.75) is 32.6 Å². The first-order valence-electron chi connectivity index (χ1n) is 7.91. The lowest BCUT2D eigenvalue weighted by Crippen LogP contribution is -2.38. The normalized spacial score (nSPS) is 19.4. The van der Waals surface area contributed by atoms with Gasteiger partial charge in [0.1, 0.15) is 11.2 Å². The number of anilines is 1. The number of aryl methyl sites for hydroxylation is 3. The summed E-state index contributed by atoms with van der Waals surface area (Å²) in [6.45, 7) is 5.90. The zero-order valence-corrected chi connectivity index (χ0v) is 14.7. The lowest BCUT2D eigenvalue weighted by Gasteiger charge is -2.27. The highest BCUT2D eigenvalue weighted by atomic mass is 32.1. The van der Waals surface area contributed by atoms with E-state index in [2.05, 4.69) is 23.5 Å². The van der Waals surface area contributed by atoms with Crippen LogP contribution in [0.25, 0.3) is 0 Å². The fourth-order valence-corrected chi connectivity index (χ4v) is 4.76. The Morgan fingerprint density at radius 2 is 2.00 bits per heavy atom. The average molecular weight is 338 g/mol. The Bertz CT molecular complexity index is 921. The topological polar surface area (TPSA) is 55.1 Å². The first-order valence-corrected chi connectivity index (χ1v) is 8.79. The maximum atomic E-state index is 13.2. The Hall–Kier alpha value is -2.40. The Morgan fingerprint density at radius 1 is 1.21 bits per heavy atom. The van der Waals surface area contributed by atoms with Crippen molar-refractivity contribution in [1.29, 1.82) is 0 Å². The van der Waals surface area contributed by atoms with Crippen LogP contribution >= 0.6 is 11.3 Å². The van der Waals surface area contributed by atoms with E-state index in [0.29, 0.717) is 6.42 Å². The summed E-state index contributed by atoms with van der Waals surface area (Å²) in [5, 5.41) is 9.19. The molecule has 0 aliphatic carbocycles. The van der Waals surface area contributed by atoms with Gasteiger partial charge in [-0.25, -0.2) is 0 Å². The number of nitrogens with zero attached hydrogens (tertiary/aromatic N) is 1. The third-order valence-electron chi connectivity index (χ3n) is 4.90. The molecule has 5 heteroatoms. The molecule has 4 rings (SSSR count). The molecule has 0 fully saturated rings. The van der Waals surface area contributed by atoms with Crippen molar-refractivity contribution in [3.63, 3.8) is 0 Å². The molecule has 0 radical (unpaired) electrons. The van der Waals surface area contributed by atoms with Crippen LogP contribution in [-0.2, 0) is 16.6 Å². The van der Waals surface area contributed by atoms with Crippen molar-refractivity contribution in [2.75, 3.05) is 5.32 Å². The van der Waals surface area contributed by atoms with E-state index < -0.39 is 5.41 Å². The number of hydrogen-bond acceptors (Lipinski definition) is 4. The molecule has 2 aromatic heterocycles. The molecule has 1 unspecified atom stereocenters. The molecular weight excluding hydrogens is 320 g/mol. The van der Waals surface area contributed by atoms with Gasteiger partial charge in [-0.2, -0.15) is 0 Å². The third kappa shape index (κ3) is 1.97. The van der Waals surface area contributed by atoms with Crippen LogP contribution in [0.1, 0.15) is 33.0 Å². The van der Waals surface area contributed by atoms with Gasteiger partial charge < -0.3 is 9.84 Å². The summed E-state index contributed by atoms with van der Waals surface area (Å²) in [5.41, 5.74) is 4.18. The molecule has 24 heavy (non-hydrogen) atoms. The van der Waals surface area contributed by atoms with Crippen LogP contribution in [0.4, 0.5) is 5.69 Å². The Morgan fingerprint density at radius 3 is 2.67 bits per heavy atom. The molecule has 0 saturated heterocycles. The van der Waals surface area contributed by atoms with Gasteiger partial charge in [0.2, 0.25) is 5.91 Å².